The molecule has 2 aromatic rings. The van der Waals surface area contributed by atoms with E-state index in [1.807, 2.05) is 0 Å². The van der Waals surface area contributed by atoms with Crippen molar-refractivity contribution in [3.63, 3.8) is 0 Å². The summed E-state index contributed by atoms with van der Waals surface area (Å²) in [5, 5.41) is 11.4. The molecule has 0 fully saturated rings. The van der Waals surface area contributed by atoms with Crippen LogP contribution in [0.1, 0.15) is 5.76 Å². The second kappa shape index (κ2) is 7.05. The summed E-state index contributed by atoms with van der Waals surface area (Å²) in [7, 11) is 0. The zero-order chi connectivity index (χ0) is 20.9. The van der Waals surface area contributed by atoms with E-state index >= 15 is 0 Å². The molecule has 2 aliphatic heterocycles. The first-order valence-electron chi connectivity index (χ1n) is 7.76. The number of hydrogen-bond donors (Lipinski definition) is 1. The van der Waals surface area contributed by atoms with Crippen LogP contribution in [0.4, 0.5) is 13.2 Å². The molecule has 0 unspecified atom stereocenters. The van der Waals surface area contributed by atoms with Crippen LogP contribution in [0.3, 0.4) is 0 Å². The molecule has 1 aromatic carbocycles. The Morgan fingerprint density at radius 1 is 1.21 bits per heavy atom. The highest BCUT2D eigenvalue weighted by atomic mass is 35.5. The van der Waals surface area contributed by atoms with Crippen molar-refractivity contribution in [2.75, 3.05) is 0 Å². The Morgan fingerprint density at radius 3 is 2.66 bits per heavy atom. The van der Waals surface area contributed by atoms with Crippen LogP contribution in [0.15, 0.2) is 50.4 Å². The van der Waals surface area contributed by atoms with Gasteiger partial charge in [-0.25, -0.2) is 0 Å². The van der Waals surface area contributed by atoms with Gasteiger partial charge >= 0.3 is 6.18 Å². The molecule has 1 amide bonds. The molecule has 0 saturated carbocycles. The van der Waals surface area contributed by atoms with Crippen molar-refractivity contribution in [3.05, 3.63) is 51.7 Å². The number of nitrogens with zero attached hydrogens (tertiary/aromatic N) is 3. The zero-order valence-corrected chi connectivity index (χ0v) is 16.2. The van der Waals surface area contributed by atoms with Gasteiger partial charge in [0.15, 0.2) is 5.84 Å². The molecule has 29 heavy (non-hydrogen) atoms. The first kappa shape index (κ1) is 19.7. The maximum atomic E-state index is 12.9. The minimum atomic E-state index is -4.70. The Morgan fingerprint density at radius 2 is 1.97 bits per heavy atom. The molecule has 3 heterocycles. The molecular weight excluding hydrogens is 452 g/mol. The van der Waals surface area contributed by atoms with Gasteiger partial charge in [0.25, 0.3) is 5.91 Å². The van der Waals surface area contributed by atoms with Gasteiger partial charge in [-0.3, -0.25) is 10.2 Å². The lowest BCUT2D eigenvalue weighted by molar-refractivity contribution is -0.114. The van der Waals surface area contributed by atoms with Crippen molar-refractivity contribution in [1.82, 2.24) is 5.01 Å². The van der Waals surface area contributed by atoms with Gasteiger partial charge in [-0.2, -0.15) is 28.3 Å². The SMILES string of the molecule is N=C1/C(=C\c2ccc(-c3ccc(Cl)cc3Cl)o2)C(=O)N=C2SC(C(F)(F)F)=NN12. The van der Waals surface area contributed by atoms with Crippen molar-refractivity contribution >= 4 is 63.0 Å². The smallest absolute Gasteiger partial charge is 0.441 e. The third kappa shape index (κ3) is 3.70. The second-order valence-corrected chi connectivity index (χ2v) is 7.55. The van der Waals surface area contributed by atoms with Crippen molar-refractivity contribution < 1.29 is 22.4 Å². The third-order valence-electron chi connectivity index (χ3n) is 3.81. The summed E-state index contributed by atoms with van der Waals surface area (Å²) < 4.78 is 44.2. The first-order valence-corrected chi connectivity index (χ1v) is 9.33. The molecular formula is C17H7Cl2F3N4O2S. The van der Waals surface area contributed by atoms with E-state index in [0.29, 0.717) is 26.4 Å². The van der Waals surface area contributed by atoms with Crippen LogP contribution >= 0.6 is 35.0 Å². The lowest BCUT2D eigenvalue weighted by Gasteiger charge is -2.19. The number of nitrogens with one attached hydrogen (secondary N) is 1. The lowest BCUT2D eigenvalue weighted by Crippen LogP contribution is -2.35. The second-order valence-electron chi connectivity index (χ2n) is 5.75. The first-order chi connectivity index (χ1) is 13.6. The van der Waals surface area contributed by atoms with E-state index in [4.69, 9.17) is 33.0 Å². The molecule has 12 heteroatoms. The van der Waals surface area contributed by atoms with Crippen molar-refractivity contribution in [1.29, 1.82) is 5.41 Å². The monoisotopic (exact) mass is 458 g/mol. The average molecular weight is 459 g/mol. The quantitative estimate of drug-likeness (QED) is 0.607. The molecule has 0 aliphatic carbocycles. The average Bonchev–Trinajstić information content (AvgIpc) is 3.25. The topological polar surface area (TPSA) is 82.0 Å². The van der Waals surface area contributed by atoms with Gasteiger partial charge in [-0.15, -0.1) is 0 Å². The van der Waals surface area contributed by atoms with Gasteiger partial charge < -0.3 is 4.42 Å². The molecule has 1 N–H and O–H groups in total. The van der Waals surface area contributed by atoms with Crippen molar-refractivity contribution in [3.8, 4) is 11.3 Å². The number of carbonyl (C=O) groups excluding carboxylic acids is 1. The Kier molecular flexibility index (Phi) is 4.80. The number of fused-ring (bicyclic) bond motifs is 1. The van der Waals surface area contributed by atoms with Crippen molar-refractivity contribution in [2.24, 2.45) is 10.1 Å². The molecule has 0 saturated heterocycles. The molecule has 2 aliphatic rings. The summed E-state index contributed by atoms with van der Waals surface area (Å²) >= 11 is 12.2. The number of furan rings is 1. The highest BCUT2D eigenvalue weighted by Gasteiger charge is 2.46. The zero-order valence-electron chi connectivity index (χ0n) is 13.9. The standard InChI is InChI=1S/C17H7Cl2F3N4O2S/c18-7-1-3-9(11(19)5-7)12-4-2-8(28-12)6-10-13(23)26-16(24-14(10)27)29-15(25-26)17(20,21)22/h1-6,23H/b10-6+,23-13?. The predicted octanol–water partition coefficient (Wildman–Crippen LogP) is 5.43. The van der Waals surface area contributed by atoms with E-state index in [0.717, 1.165) is 0 Å². The number of halogens is 5. The van der Waals surface area contributed by atoms with Crippen LogP contribution in [0.2, 0.25) is 10.0 Å². The van der Waals surface area contributed by atoms with Crippen LogP contribution in [0.5, 0.6) is 0 Å². The number of hydrogen-bond acceptors (Lipinski definition) is 5. The highest BCUT2D eigenvalue weighted by molar-refractivity contribution is 8.27. The van der Waals surface area contributed by atoms with E-state index in [9.17, 15) is 18.0 Å². The summed E-state index contributed by atoms with van der Waals surface area (Å²) in [5.41, 5.74) is 0.297. The molecule has 0 spiro atoms. The Bertz CT molecular complexity index is 1150. The molecule has 0 bridgehead atoms. The Hall–Kier alpha value is -2.56. The van der Waals surface area contributed by atoms with E-state index < -0.39 is 23.0 Å². The van der Waals surface area contributed by atoms with E-state index in [1.54, 1.807) is 18.2 Å². The van der Waals surface area contributed by atoms with Crippen LogP contribution in [0, 0.1) is 5.41 Å². The number of hydrazone groups is 1. The largest absolute Gasteiger partial charge is 0.457 e. The molecule has 6 nitrogen and oxygen atoms in total. The van der Waals surface area contributed by atoms with E-state index in [2.05, 4.69) is 10.1 Å². The lowest BCUT2D eigenvalue weighted by atomic mass is 10.1. The number of carbonyl (C=O) groups is 1. The van der Waals surface area contributed by atoms with Gasteiger partial charge in [0.05, 0.1) is 10.6 Å². The molecule has 0 radical (unpaired) electrons. The molecule has 0 atom stereocenters. The van der Waals surface area contributed by atoms with Gasteiger partial charge in [-0.05, 0) is 48.2 Å². The molecule has 1 aromatic heterocycles. The van der Waals surface area contributed by atoms with Gasteiger partial charge in [0.1, 0.15) is 11.5 Å². The highest BCUT2D eigenvalue weighted by Crippen LogP contribution is 2.36. The van der Waals surface area contributed by atoms with E-state index in [1.165, 1.54) is 18.2 Å². The van der Waals surface area contributed by atoms with Crippen molar-refractivity contribution in [2.45, 2.75) is 6.18 Å². The third-order valence-corrected chi connectivity index (χ3v) is 5.31. The van der Waals surface area contributed by atoms with Gasteiger partial charge in [0.2, 0.25) is 10.2 Å². The molecule has 4 rings (SSSR count). The predicted molar refractivity (Wildman–Crippen MR) is 105 cm³/mol. The van der Waals surface area contributed by atoms with Crippen LogP contribution < -0.4 is 0 Å². The summed E-state index contributed by atoms with van der Waals surface area (Å²) in [6.07, 6.45) is -3.49. The number of amidine groups is 2. The van der Waals surface area contributed by atoms with Gasteiger partial charge in [0, 0.05) is 10.6 Å². The van der Waals surface area contributed by atoms with E-state index in [-0.39, 0.29) is 28.3 Å². The fourth-order valence-electron chi connectivity index (χ4n) is 2.51. The minimum absolute atomic E-state index is 0.185. The van der Waals surface area contributed by atoms with Crippen LogP contribution in [-0.4, -0.2) is 33.1 Å². The summed E-state index contributed by atoms with van der Waals surface area (Å²) in [4.78, 5) is 15.8. The number of benzene rings is 1. The van der Waals surface area contributed by atoms with Gasteiger partial charge in [-0.1, -0.05) is 23.2 Å². The number of aliphatic imine (C=N–C) groups is 1. The normalized spacial score (nSPS) is 18.2. The minimum Gasteiger partial charge on any atom is -0.457 e. The molecule has 148 valence electrons. The maximum Gasteiger partial charge on any atom is 0.441 e. The van der Waals surface area contributed by atoms with Crippen LogP contribution in [-0.2, 0) is 4.79 Å². The summed E-state index contributed by atoms with van der Waals surface area (Å²) in [6.45, 7) is 0. The number of thioether (sulfide) groups is 1. The Labute approximate surface area is 175 Å². The maximum absolute atomic E-state index is 12.9. The number of rotatable bonds is 2. The fraction of sp³-hybridized carbons (Fsp3) is 0.0588. The number of amides is 1. The summed E-state index contributed by atoms with van der Waals surface area (Å²) in [5.74, 6) is -0.833. The summed E-state index contributed by atoms with van der Waals surface area (Å²) in [6, 6.07) is 7.94. The van der Waals surface area contributed by atoms with Crippen LogP contribution in [0.25, 0.3) is 17.4 Å². The Balaban J connectivity index is 1.66. The fourth-order valence-corrected chi connectivity index (χ4v) is 3.77. The number of alkyl halides is 3.